The summed E-state index contributed by atoms with van der Waals surface area (Å²) < 4.78 is 0. The second-order valence-electron chi connectivity index (χ2n) is 4.14. The van der Waals surface area contributed by atoms with Crippen molar-refractivity contribution in [1.82, 2.24) is 10.3 Å². The van der Waals surface area contributed by atoms with Crippen molar-refractivity contribution in [2.24, 2.45) is 0 Å². The van der Waals surface area contributed by atoms with E-state index >= 15 is 0 Å². The third-order valence-electron chi connectivity index (χ3n) is 2.45. The number of rotatable bonds is 6. The van der Waals surface area contributed by atoms with E-state index < -0.39 is 0 Å². The second-order valence-corrected chi connectivity index (χ2v) is 4.54. The monoisotopic (exact) mass is 253 g/mol. The Bertz CT molecular complexity index is 390. The van der Waals surface area contributed by atoms with Crippen molar-refractivity contribution in [2.45, 2.75) is 20.4 Å². The van der Waals surface area contributed by atoms with Crippen LogP contribution in [0.3, 0.4) is 0 Å². The summed E-state index contributed by atoms with van der Waals surface area (Å²) in [6.45, 7) is 10.5. The molecule has 1 aromatic heterocycles. The minimum absolute atomic E-state index is 0.703. The highest BCUT2D eigenvalue weighted by molar-refractivity contribution is 6.31. The lowest BCUT2D eigenvalue weighted by Crippen LogP contribution is -2.25. The molecule has 3 nitrogen and oxygen atoms in total. The Labute approximate surface area is 108 Å². The van der Waals surface area contributed by atoms with Crippen LogP contribution in [-0.2, 0) is 6.54 Å². The van der Waals surface area contributed by atoms with Gasteiger partial charge in [-0.1, -0.05) is 23.8 Å². The molecule has 0 bridgehead atoms. The van der Waals surface area contributed by atoms with Crippen LogP contribution in [-0.4, -0.2) is 25.1 Å². The summed E-state index contributed by atoms with van der Waals surface area (Å²) in [4.78, 5) is 6.55. The van der Waals surface area contributed by atoms with Crippen molar-refractivity contribution in [3.8, 4) is 0 Å². The highest BCUT2D eigenvalue weighted by atomic mass is 35.5. The topological polar surface area (TPSA) is 28.2 Å². The fraction of sp³-hybridized carbons (Fsp3) is 0.462. The van der Waals surface area contributed by atoms with Crippen LogP contribution in [0.1, 0.15) is 19.4 Å². The molecule has 0 atom stereocenters. The van der Waals surface area contributed by atoms with Gasteiger partial charge in [0.2, 0.25) is 0 Å². The Kier molecular flexibility index (Phi) is 5.45. The quantitative estimate of drug-likeness (QED) is 0.791. The summed E-state index contributed by atoms with van der Waals surface area (Å²) in [7, 11) is 1.90. The fourth-order valence-corrected chi connectivity index (χ4v) is 1.82. The fourth-order valence-electron chi connectivity index (χ4n) is 1.65. The highest BCUT2D eigenvalue weighted by Gasteiger charge is 2.08. The molecule has 17 heavy (non-hydrogen) atoms. The van der Waals surface area contributed by atoms with Crippen molar-refractivity contribution in [3.05, 3.63) is 35.0 Å². The first kappa shape index (κ1) is 14.0. The van der Waals surface area contributed by atoms with Gasteiger partial charge in [-0.15, -0.1) is 0 Å². The Morgan fingerprint density at radius 2 is 2.29 bits per heavy atom. The number of nitrogens with one attached hydrogen (secondary N) is 1. The van der Waals surface area contributed by atoms with E-state index in [9.17, 15) is 0 Å². The third-order valence-corrected chi connectivity index (χ3v) is 2.79. The number of anilines is 1. The zero-order chi connectivity index (χ0) is 12.8. The Balaban J connectivity index is 2.95. The van der Waals surface area contributed by atoms with Gasteiger partial charge in [0.25, 0.3) is 0 Å². The maximum absolute atomic E-state index is 6.09. The SMILES string of the molecule is C=C(C)CN(CC)c1cc(CNC)c(Cl)cn1. The average molecular weight is 254 g/mol. The van der Waals surface area contributed by atoms with Crippen molar-refractivity contribution >= 4 is 17.4 Å². The van der Waals surface area contributed by atoms with Crippen LogP contribution in [0.15, 0.2) is 24.4 Å². The molecule has 0 saturated carbocycles. The van der Waals surface area contributed by atoms with Crippen LogP contribution in [0.4, 0.5) is 5.82 Å². The minimum atomic E-state index is 0.703. The predicted molar refractivity (Wildman–Crippen MR) is 74.7 cm³/mol. The first-order valence-electron chi connectivity index (χ1n) is 5.76. The lowest BCUT2D eigenvalue weighted by molar-refractivity contribution is 0.808. The van der Waals surface area contributed by atoms with Crippen LogP contribution in [0.5, 0.6) is 0 Å². The number of halogens is 1. The lowest BCUT2D eigenvalue weighted by atomic mass is 10.2. The summed E-state index contributed by atoms with van der Waals surface area (Å²) in [5.41, 5.74) is 2.19. The molecule has 1 heterocycles. The smallest absolute Gasteiger partial charge is 0.129 e. The zero-order valence-electron chi connectivity index (χ0n) is 10.8. The van der Waals surface area contributed by atoms with Gasteiger partial charge < -0.3 is 10.2 Å². The predicted octanol–water partition coefficient (Wildman–Crippen LogP) is 2.86. The standard InChI is InChI=1S/C13H20ClN3/c1-5-17(9-10(2)3)13-6-11(7-15-4)12(14)8-16-13/h6,8,15H,2,5,7,9H2,1,3-4H3. The molecule has 0 amide bonds. The van der Waals surface area contributed by atoms with Gasteiger partial charge in [0.1, 0.15) is 5.82 Å². The number of hydrogen-bond acceptors (Lipinski definition) is 3. The molecule has 0 aliphatic carbocycles. The minimum Gasteiger partial charge on any atom is -0.353 e. The Morgan fingerprint density at radius 1 is 1.59 bits per heavy atom. The average Bonchev–Trinajstić information content (AvgIpc) is 2.29. The largest absolute Gasteiger partial charge is 0.353 e. The van der Waals surface area contributed by atoms with Crippen LogP contribution in [0, 0.1) is 0 Å². The van der Waals surface area contributed by atoms with Gasteiger partial charge >= 0.3 is 0 Å². The number of likely N-dealkylation sites (N-methyl/N-ethyl adjacent to an activating group) is 1. The summed E-state index contributed by atoms with van der Waals surface area (Å²) in [5.74, 6) is 0.949. The summed E-state index contributed by atoms with van der Waals surface area (Å²) in [5, 5.41) is 3.80. The Morgan fingerprint density at radius 3 is 2.82 bits per heavy atom. The van der Waals surface area contributed by atoms with E-state index in [1.54, 1.807) is 6.20 Å². The number of aromatic nitrogens is 1. The molecular formula is C13H20ClN3. The van der Waals surface area contributed by atoms with Gasteiger partial charge in [-0.05, 0) is 32.5 Å². The number of nitrogens with zero attached hydrogens (tertiary/aromatic N) is 2. The van der Waals surface area contributed by atoms with E-state index in [-0.39, 0.29) is 0 Å². The van der Waals surface area contributed by atoms with Gasteiger partial charge in [0.05, 0.1) is 5.02 Å². The van der Waals surface area contributed by atoms with E-state index in [2.05, 4.69) is 28.7 Å². The molecule has 0 aromatic carbocycles. The highest BCUT2D eigenvalue weighted by Crippen LogP contribution is 2.20. The van der Waals surface area contributed by atoms with Crippen LogP contribution in [0.2, 0.25) is 5.02 Å². The van der Waals surface area contributed by atoms with Gasteiger partial charge in [-0.25, -0.2) is 4.98 Å². The zero-order valence-corrected chi connectivity index (χ0v) is 11.5. The first-order chi connectivity index (χ1) is 8.08. The molecule has 0 unspecified atom stereocenters. The van der Waals surface area contributed by atoms with Gasteiger partial charge in [-0.3, -0.25) is 0 Å². The van der Waals surface area contributed by atoms with Crippen molar-refractivity contribution < 1.29 is 0 Å². The molecule has 0 spiro atoms. The normalized spacial score (nSPS) is 10.4. The van der Waals surface area contributed by atoms with E-state index in [1.807, 2.05) is 20.0 Å². The van der Waals surface area contributed by atoms with Gasteiger partial charge in [0, 0.05) is 25.8 Å². The van der Waals surface area contributed by atoms with E-state index in [1.165, 1.54) is 0 Å². The van der Waals surface area contributed by atoms with Crippen molar-refractivity contribution in [2.75, 3.05) is 25.0 Å². The van der Waals surface area contributed by atoms with E-state index in [4.69, 9.17) is 11.6 Å². The molecule has 1 N–H and O–H groups in total. The van der Waals surface area contributed by atoms with Crippen LogP contribution in [0.25, 0.3) is 0 Å². The third kappa shape index (κ3) is 4.02. The molecule has 0 fully saturated rings. The molecule has 0 aliphatic rings. The summed E-state index contributed by atoms with van der Waals surface area (Å²) in [6, 6.07) is 2.03. The molecule has 0 aliphatic heterocycles. The Hall–Kier alpha value is -1.06. The second kappa shape index (κ2) is 6.62. The number of pyridine rings is 1. The molecule has 0 radical (unpaired) electrons. The summed E-state index contributed by atoms with van der Waals surface area (Å²) in [6.07, 6.45) is 1.71. The van der Waals surface area contributed by atoms with E-state index in [0.29, 0.717) is 5.02 Å². The molecule has 1 aromatic rings. The van der Waals surface area contributed by atoms with Crippen molar-refractivity contribution in [3.63, 3.8) is 0 Å². The molecule has 0 saturated heterocycles. The first-order valence-corrected chi connectivity index (χ1v) is 6.14. The molecule has 94 valence electrons. The van der Waals surface area contributed by atoms with Gasteiger partial charge in [-0.2, -0.15) is 0 Å². The van der Waals surface area contributed by atoms with Crippen molar-refractivity contribution in [1.29, 1.82) is 0 Å². The maximum Gasteiger partial charge on any atom is 0.129 e. The number of hydrogen-bond donors (Lipinski definition) is 1. The summed E-state index contributed by atoms with van der Waals surface area (Å²) >= 11 is 6.09. The van der Waals surface area contributed by atoms with Crippen LogP contribution < -0.4 is 10.2 Å². The molecule has 4 heteroatoms. The van der Waals surface area contributed by atoms with Crippen LogP contribution >= 0.6 is 11.6 Å². The molecular weight excluding hydrogens is 234 g/mol. The van der Waals surface area contributed by atoms with E-state index in [0.717, 1.165) is 36.6 Å². The molecule has 1 rings (SSSR count). The lowest BCUT2D eigenvalue weighted by Gasteiger charge is -2.22. The van der Waals surface area contributed by atoms with Gasteiger partial charge in [0.15, 0.2) is 0 Å². The maximum atomic E-state index is 6.09.